The minimum atomic E-state index is -0.103. The molecule has 2 saturated heterocycles. The second-order valence-corrected chi connectivity index (χ2v) is 7.34. The molecule has 0 aliphatic carbocycles. The molecule has 27 heavy (non-hydrogen) atoms. The van der Waals surface area contributed by atoms with Crippen LogP contribution in [0.15, 0.2) is 24.3 Å². The first-order valence-electron chi connectivity index (χ1n) is 10.1. The molecule has 2 amide bonds. The van der Waals surface area contributed by atoms with E-state index in [4.69, 9.17) is 4.74 Å². The largest absolute Gasteiger partial charge is 0.378 e. The van der Waals surface area contributed by atoms with Gasteiger partial charge in [0.05, 0.1) is 24.6 Å². The van der Waals surface area contributed by atoms with Gasteiger partial charge in [-0.25, -0.2) is 0 Å². The average Bonchev–Trinajstić information content (AvgIpc) is 2.72. The molecule has 1 aromatic rings. The number of nitrogens with zero attached hydrogens (tertiary/aromatic N) is 3. The zero-order valence-corrected chi connectivity index (χ0v) is 16.5. The predicted molar refractivity (Wildman–Crippen MR) is 107 cm³/mol. The van der Waals surface area contributed by atoms with E-state index in [1.807, 2.05) is 29.2 Å². The first-order chi connectivity index (χ1) is 13.1. The highest BCUT2D eigenvalue weighted by molar-refractivity contribution is 6.00. The van der Waals surface area contributed by atoms with Crippen LogP contribution in [0, 0.1) is 0 Å². The molecular weight excluding hydrogens is 342 g/mol. The van der Waals surface area contributed by atoms with Gasteiger partial charge in [-0.15, -0.1) is 0 Å². The van der Waals surface area contributed by atoms with Crippen LogP contribution >= 0.6 is 0 Å². The molecule has 1 unspecified atom stereocenters. The molecule has 6 heteroatoms. The van der Waals surface area contributed by atoms with Crippen LogP contribution < -0.4 is 9.80 Å². The number of rotatable bonds is 5. The zero-order valence-electron chi connectivity index (χ0n) is 16.5. The van der Waals surface area contributed by atoms with E-state index in [9.17, 15) is 9.59 Å². The number of amides is 2. The highest BCUT2D eigenvalue weighted by atomic mass is 16.5. The SMILES string of the molecule is CCC1CCCCN1C(=O)CN(C(C)=O)c1ccccc1N1CCOCC1. The number of hydrogen-bond acceptors (Lipinski definition) is 4. The smallest absolute Gasteiger partial charge is 0.242 e. The molecule has 0 N–H and O–H groups in total. The van der Waals surface area contributed by atoms with Crippen LogP contribution in [0.1, 0.15) is 39.5 Å². The van der Waals surface area contributed by atoms with E-state index in [1.54, 1.807) is 4.90 Å². The maximum absolute atomic E-state index is 13.0. The molecule has 0 aromatic heterocycles. The maximum atomic E-state index is 13.0. The highest BCUT2D eigenvalue weighted by Crippen LogP contribution is 2.30. The maximum Gasteiger partial charge on any atom is 0.242 e. The van der Waals surface area contributed by atoms with Crippen LogP contribution in [0.3, 0.4) is 0 Å². The summed E-state index contributed by atoms with van der Waals surface area (Å²) in [5.74, 6) is -0.0531. The summed E-state index contributed by atoms with van der Waals surface area (Å²) in [6.07, 6.45) is 4.26. The van der Waals surface area contributed by atoms with Crippen molar-refractivity contribution in [2.75, 3.05) is 49.2 Å². The second kappa shape index (κ2) is 9.22. The van der Waals surface area contributed by atoms with Crippen molar-refractivity contribution in [3.63, 3.8) is 0 Å². The van der Waals surface area contributed by atoms with E-state index in [0.717, 1.165) is 50.3 Å². The lowest BCUT2D eigenvalue weighted by Crippen LogP contribution is -2.49. The number of carbonyl (C=O) groups is 2. The van der Waals surface area contributed by atoms with Crippen LogP contribution in [0.2, 0.25) is 0 Å². The van der Waals surface area contributed by atoms with Gasteiger partial charge in [0, 0.05) is 32.6 Å². The Labute approximate surface area is 162 Å². The fourth-order valence-corrected chi connectivity index (χ4v) is 4.11. The Hall–Kier alpha value is -2.08. The van der Waals surface area contributed by atoms with E-state index in [1.165, 1.54) is 13.3 Å². The summed E-state index contributed by atoms with van der Waals surface area (Å²) >= 11 is 0. The summed E-state index contributed by atoms with van der Waals surface area (Å²) < 4.78 is 5.45. The monoisotopic (exact) mass is 373 g/mol. The van der Waals surface area contributed by atoms with Crippen LogP contribution in [-0.4, -0.2) is 62.1 Å². The highest BCUT2D eigenvalue weighted by Gasteiger charge is 2.29. The predicted octanol–water partition coefficient (Wildman–Crippen LogP) is 2.67. The molecule has 6 nitrogen and oxygen atoms in total. The third kappa shape index (κ3) is 4.61. The van der Waals surface area contributed by atoms with Crippen molar-refractivity contribution in [1.82, 2.24) is 4.90 Å². The van der Waals surface area contributed by atoms with Crippen LogP contribution in [0.25, 0.3) is 0 Å². The van der Waals surface area contributed by atoms with E-state index >= 15 is 0 Å². The van der Waals surface area contributed by atoms with Gasteiger partial charge >= 0.3 is 0 Å². The Morgan fingerprint density at radius 2 is 1.89 bits per heavy atom. The van der Waals surface area contributed by atoms with Crippen LogP contribution in [0.5, 0.6) is 0 Å². The van der Waals surface area contributed by atoms with Crippen molar-refractivity contribution >= 4 is 23.2 Å². The fourth-order valence-electron chi connectivity index (χ4n) is 4.11. The van der Waals surface area contributed by atoms with Crippen molar-refractivity contribution in [2.24, 2.45) is 0 Å². The molecule has 2 heterocycles. The van der Waals surface area contributed by atoms with Crippen molar-refractivity contribution in [1.29, 1.82) is 0 Å². The first kappa shape index (κ1) is 19.7. The molecule has 0 radical (unpaired) electrons. The number of morpholine rings is 1. The molecule has 2 fully saturated rings. The number of piperidine rings is 1. The number of ether oxygens (including phenoxy) is 1. The average molecular weight is 373 g/mol. The number of likely N-dealkylation sites (tertiary alicyclic amines) is 1. The van der Waals surface area contributed by atoms with Gasteiger partial charge in [-0.3, -0.25) is 9.59 Å². The van der Waals surface area contributed by atoms with Crippen LogP contribution in [-0.2, 0) is 14.3 Å². The summed E-state index contributed by atoms with van der Waals surface area (Å²) in [5, 5.41) is 0. The normalized spacial score (nSPS) is 20.4. The van der Waals surface area contributed by atoms with Gasteiger partial charge < -0.3 is 19.4 Å². The van der Waals surface area contributed by atoms with Gasteiger partial charge in [-0.2, -0.15) is 0 Å². The number of hydrogen-bond donors (Lipinski definition) is 0. The topological polar surface area (TPSA) is 53.1 Å². The number of para-hydroxylation sites is 2. The fraction of sp³-hybridized carbons (Fsp3) is 0.619. The van der Waals surface area contributed by atoms with Gasteiger partial charge in [0.2, 0.25) is 11.8 Å². The van der Waals surface area contributed by atoms with E-state index in [2.05, 4.69) is 11.8 Å². The van der Waals surface area contributed by atoms with Crippen molar-refractivity contribution in [2.45, 2.75) is 45.6 Å². The van der Waals surface area contributed by atoms with Crippen molar-refractivity contribution < 1.29 is 14.3 Å². The van der Waals surface area contributed by atoms with Gasteiger partial charge in [0.1, 0.15) is 6.54 Å². The molecule has 2 aliphatic rings. The lowest BCUT2D eigenvalue weighted by atomic mass is 10.00. The molecule has 0 spiro atoms. The Morgan fingerprint density at radius 1 is 1.15 bits per heavy atom. The number of benzene rings is 1. The molecule has 3 rings (SSSR count). The lowest BCUT2D eigenvalue weighted by molar-refractivity contribution is -0.134. The molecule has 1 aromatic carbocycles. The Morgan fingerprint density at radius 3 is 2.59 bits per heavy atom. The minimum absolute atomic E-state index is 0.0496. The Bertz CT molecular complexity index is 658. The lowest BCUT2D eigenvalue weighted by Gasteiger charge is -2.37. The molecule has 2 aliphatic heterocycles. The Kier molecular flexibility index (Phi) is 6.72. The quantitative estimate of drug-likeness (QED) is 0.796. The molecule has 148 valence electrons. The minimum Gasteiger partial charge on any atom is -0.378 e. The molecule has 0 saturated carbocycles. The summed E-state index contributed by atoms with van der Waals surface area (Å²) in [7, 11) is 0. The number of anilines is 2. The number of carbonyl (C=O) groups excluding carboxylic acids is 2. The Balaban J connectivity index is 1.81. The first-order valence-corrected chi connectivity index (χ1v) is 10.1. The van der Waals surface area contributed by atoms with Gasteiger partial charge in [0.25, 0.3) is 0 Å². The zero-order chi connectivity index (χ0) is 19.2. The van der Waals surface area contributed by atoms with Crippen molar-refractivity contribution in [3.8, 4) is 0 Å². The van der Waals surface area contributed by atoms with Gasteiger partial charge in [-0.1, -0.05) is 19.1 Å². The second-order valence-electron chi connectivity index (χ2n) is 7.34. The molecular formula is C21H31N3O3. The van der Waals surface area contributed by atoms with Crippen molar-refractivity contribution in [3.05, 3.63) is 24.3 Å². The van der Waals surface area contributed by atoms with Gasteiger partial charge in [-0.05, 0) is 37.8 Å². The summed E-state index contributed by atoms with van der Waals surface area (Å²) in [4.78, 5) is 31.3. The molecule has 0 bridgehead atoms. The van der Waals surface area contributed by atoms with E-state index in [0.29, 0.717) is 19.3 Å². The van der Waals surface area contributed by atoms with Gasteiger partial charge in [0.15, 0.2) is 0 Å². The molecule has 1 atom stereocenters. The third-order valence-electron chi connectivity index (χ3n) is 5.62. The summed E-state index contributed by atoms with van der Waals surface area (Å²) in [6, 6.07) is 8.17. The third-order valence-corrected chi connectivity index (χ3v) is 5.62. The summed E-state index contributed by atoms with van der Waals surface area (Å²) in [6.45, 7) is 7.52. The van der Waals surface area contributed by atoms with Crippen LogP contribution in [0.4, 0.5) is 11.4 Å². The standard InChI is InChI=1S/C21H31N3O3/c1-3-18-8-6-7-11-23(18)21(26)16-24(17(2)25)20-10-5-4-9-19(20)22-12-14-27-15-13-22/h4-5,9-10,18H,3,6-8,11-16H2,1-2H3. The van der Waals surface area contributed by atoms with E-state index in [-0.39, 0.29) is 18.4 Å². The van der Waals surface area contributed by atoms with E-state index < -0.39 is 0 Å². The summed E-state index contributed by atoms with van der Waals surface area (Å²) in [5.41, 5.74) is 1.81.